The normalized spacial score (nSPS) is 13.9. The molecular weight excluding hydrogens is 483 g/mol. The maximum atomic E-state index is 14.4. The van der Waals surface area contributed by atoms with Crippen molar-refractivity contribution in [3.8, 4) is 34.3 Å². The van der Waals surface area contributed by atoms with Crippen LogP contribution in [0, 0.1) is 12.7 Å². The number of nitrogens with zero attached hydrogens (tertiary/aromatic N) is 5. The van der Waals surface area contributed by atoms with Crippen molar-refractivity contribution in [2.45, 2.75) is 32.7 Å². The molecule has 0 bridgehead atoms. The standard InChI is InChI=1S/C29H27FN6O2/c1-17-12-19(15-31-14-17)25-34-26(24-27(35-25)36-28(33-24)38-16-29(36,2)3)32-11-10-18-8-9-23(37)21(13-18)20-6-4-5-7-22(20)30/h4-9,12-15,37H,10-11,16H2,1-3H3,(H,32,34,35). The number of aromatic hydroxyl groups is 1. The van der Waals surface area contributed by atoms with Crippen molar-refractivity contribution in [3.63, 3.8) is 0 Å². The van der Waals surface area contributed by atoms with E-state index in [1.165, 1.54) is 6.07 Å². The number of imidazole rings is 1. The summed E-state index contributed by atoms with van der Waals surface area (Å²) in [5.41, 5.74) is 4.63. The van der Waals surface area contributed by atoms with E-state index in [4.69, 9.17) is 19.7 Å². The van der Waals surface area contributed by atoms with E-state index in [2.05, 4.69) is 24.1 Å². The summed E-state index contributed by atoms with van der Waals surface area (Å²) in [5.74, 6) is 0.808. The molecule has 0 unspecified atom stereocenters. The number of phenolic OH excluding ortho intramolecular Hbond substituents is 1. The molecule has 2 N–H and O–H groups in total. The topological polar surface area (TPSA) is 98.0 Å². The van der Waals surface area contributed by atoms with Crippen LogP contribution >= 0.6 is 0 Å². The minimum atomic E-state index is -0.377. The van der Waals surface area contributed by atoms with Gasteiger partial charge in [-0.05, 0) is 62.6 Å². The Hall–Kier alpha value is -4.53. The number of fused-ring (bicyclic) bond motifs is 3. The van der Waals surface area contributed by atoms with E-state index in [1.54, 1.807) is 36.7 Å². The molecule has 0 amide bonds. The second kappa shape index (κ2) is 9.09. The van der Waals surface area contributed by atoms with Crippen molar-refractivity contribution < 1.29 is 14.2 Å². The molecular formula is C29H27FN6O2. The lowest BCUT2D eigenvalue weighted by molar-refractivity contribution is 0.268. The number of halogens is 1. The molecule has 8 nitrogen and oxygen atoms in total. The summed E-state index contributed by atoms with van der Waals surface area (Å²) in [7, 11) is 0. The molecule has 0 saturated carbocycles. The molecule has 0 radical (unpaired) electrons. The zero-order chi connectivity index (χ0) is 26.4. The first kappa shape index (κ1) is 23.8. The number of ether oxygens (including phenoxy) is 1. The predicted octanol–water partition coefficient (Wildman–Crippen LogP) is 5.49. The first-order chi connectivity index (χ1) is 18.3. The maximum Gasteiger partial charge on any atom is 0.299 e. The number of phenols is 1. The van der Waals surface area contributed by atoms with Crippen LogP contribution in [0.4, 0.5) is 10.2 Å². The molecule has 0 atom stereocenters. The van der Waals surface area contributed by atoms with Gasteiger partial charge in [-0.3, -0.25) is 9.55 Å². The Morgan fingerprint density at radius 1 is 1.05 bits per heavy atom. The molecule has 0 fully saturated rings. The van der Waals surface area contributed by atoms with E-state index in [-0.39, 0.29) is 17.1 Å². The summed E-state index contributed by atoms with van der Waals surface area (Å²) in [4.78, 5) is 18.7. The number of aryl methyl sites for hydroxylation is 1. The van der Waals surface area contributed by atoms with Crippen LogP contribution < -0.4 is 10.1 Å². The average Bonchev–Trinajstić information content (AvgIpc) is 3.42. The summed E-state index contributed by atoms with van der Waals surface area (Å²) in [5, 5.41) is 13.8. The highest BCUT2D eigenvalue weighted by atomic mass is 19.1. The van der Waals surface area contributed by atoms with Crippen LogP contribution in [0.2, 0.25) is 0 Å². The lowest BCUT2D eigenvalue weighted by atomic mass is 10.00. The van der Waals surface area contributed by atoms with Crippen molar-refractivity contribution in [2.24, 2.45) is 0 Å². The molecule has 1 aliphatic rings. The minimum absolute atomic E-state index is 0.0378. The fourth-order valence-corrected chi connectivity index (χ4v) is 4.78. The van der Waals surface area contributed by atoms with Gasteiger partial charge in [0, 0.05) is 35.6 Å². The molecule has 3 aromatic heterocycles. The molecule has 38 heavy (non-hydrogen) atoms. The third kappa shape index (κ3) is 4.19. The maximum absolute atomic E-state index is 14.4. The molecule has 5 aromatic rings. The van der Waals surface area contributed by atoms with Crippen molar-refractivity contribution >= 4 is 17.0 Å². The van der Waals surface area contributed by atoms with E-state index < -0.39 is 0 Å². The smallest absolute Gasteiger partial charge is 0.299 e. The summed E-state index contributed by atoms with van der Waals surface area (Å²) in [6.07, 6.45) is 4.16. The van der Waals surface area contributed by atoms with Crippen LogP contribution in [0.1, 0.15) is 25.0 Å². The van der Waals surface area contributed by atoms with Crippen molar-refractivity contribution in [1.29, 1.82) is 0 Å². The van der Waals surface area contributed by atoms with Crippen LogP contribution in [0.15, 0.2) is 60.9 Å². The SMILES string of the molecule is Cc1cncc(-c2nc(NCCc3ccc(O)c(-c4ccccc4F)c3)c3nc4n(c3n2)C(C)(C)CO4)c1. The lowest BCUT2D eigenvalue weighted by Crippen LogP contribution is -2.25. The van der Waals surface area contributed by atoms with E-state index in [9.17, 15) is 9.50 Å². The summed E-state index contributed by atoms with van der Waals surface area (Å²) in [6, 6.07) is 14.2. The number of rotatable bonds is 6. The Kier molecular flexibility index (Phi) is 5.71. The quantitative estimate of drug-likeness (QED) is 0.312. The summed E-state index contributed by atoms with van der Waals surface area (Å²) in [6.45, 7) is 7.21. The highest BCUT2D eigenvalue weighted by Crippen LogP contribution is 2.37. The molecule has 0 aliphatic carbocycles. The number of hydrogen-bond donors (Lipinski definition) is 2. The number of hydrogen-bond acceptors (Lipinski definition) is 7. The minimum Gasteiger partial charge on any atom is -0.507 e. The monoisotopic (exact) mass is 510 g/mol. The number of anilines is 1. The Labute approximate surface area is 219 Å². The second-order valence-electron chi connectivity index (χ2n) is 10.2. The largest absolute Gasteiger partial charge is 0.507 e. The van der Waals surface area contributed by atoms with Gasteiger partial charge in [-0.2, -0.15) is 4.98 Å². The molecule has 4 heterocycles. The molecule has 0 saturated heterocycles. The zero-order valence-corrected chi connectivity index (χ0v) is 21.4. The van der Waals surface area contributed by atoms with Gasteiger partial charge in [0.25, 0.3) is 6.01 Å². The Balaban J connectivity index is 1.33. The van der Waals surface area contributed by atoms with Gasteiger partial charge in [0.15, 0.2) is 22.8 Å². The van der Waals surface area contributed by atoms with Gasteiger partial charge in [-0.25, -0.2) is 14.4 Å². The average molecular weight is 511 g/mol. The fraction of sp³-hybridized carbons (Fsp3) is 0.241. The van der Waals surface area contributed by atoms with E-state index in [0.29, 0.717) is 59.5 Å². The van der Waals surface area contributed by atoms with Gasteiger partial charge in [0.05, 0.1) is 5.54 Å². The molecule has 192 valence electrons. The van der Waals surface area contributed by atoms with Crippen LogP contribution in [0.3, 0.4) is 0 Å². The summed E-state index contributed by atoms with van der Waals surface area (Å²) >= 11 is 0. The Morgan fingerprint density at radius 2 is 1.89 bits per heavy atom. The third-order valence-electron chi connectivity index (χ3n) is 6.70. The van der Waals surface area contributed by atoms with Crippen LogP contribution in [-0.2, 0) is 12.0 Å². The molecule has 9 heteroatoms. The van der Waals surface area contributed by atoms with Crippen LogP contribution in [0.5, 0.6) is 11.8 Å². The number of aromatic nitrogens is 5. The summed E-state index contributed by atoms with van der Waals surface area (Å²) < 4.78 is 22.2. The highest BCUT2D eigenvalue weighted by Gasteiger charge is 2.36. The molecule has 6 rings (SSSR count). The van der Waals surface area contributed by atoms with Crippen molar-refractivity contribution in [3.05, 3.63) is 77.9 Å². The van der Waals surface area contributed by atoms with Gasteiger partial charge in [0.1, 0.15) is 18.2 Å². The van der Waals surface area contributed by atoms with E-state index in [1.807, 2.05) is 29.7 Å². The second-order valence-corrected chi connectivity index (χ2v) is 10.2. The first-order valence-corrected chi connectivity index (χ1v) is 12.5. The third-order valence-corrected chi connectivity index (χ3v) is 6.70. The Morgan fingerprint density at radius 3 is 2.71 bits per heavy atom. The first-order valence-electron chi connectivity index (χ1n) is 12.5. The van der Waals surface area contributed by atoms with Crippen molar-refractivity contribution in [1.82, 2.24) is 24.5 Å². The molecule has 1 aliphatic heterocycles. The molecule has 2 aromatic carbocycles. The number of benzene rings is 2. The lowest BCUT2D eigenvalue weighted by Gasteiger charge is -2.18. The van der Waals surface area contributed by atoms with Crippen LogP contribution in [-0.4, -0.2) is 42.8 Å². The van der Waals surface area contributed by atoms with Gasteiger partial charge in [0.2, 0.25) is 0 Å². The van der Waals surface area contributed by atoms with Gasteiger partial charge < -0.3 is 15.2 Å². The van der Waals surface area contributed by atoms with Gasteiger partial charge in [-0.1, -0.05) is 24.3 Å². The van der Waals surface area contributed by atoms with E-state index in [0.717, 1.165) is 16.7 Å². The van der Waals surface area contributed by atoms with Gasteiger partial charge >= 0.3 is 0 Å². The predicted molar refractivity (Wildman–Crippen MR) is 144 cm³/mol. The highest BCUT2D eigenvalue weighted by molar-refractivity contribution is 5.86. The number of pyridine rings is 1. The zero-order valence-electron chi connectivity index (χ0n) is 21.4. The Bertz CT molecular complexity index is 1680. The van der Waals surface area contributed by atoms with E-state index >= 15 is 0 Å². The van der Waals surface area contributed by atoms with Crippen molar-refractivity contribution in [2.75, 3.05) is 18.5 Å². The van der Waals surface area contributed by atoms with Gasteiger partial charge in [-0.15, -0.1) is 0 Å². The van der Waals surface area contributed by atoms with Crippen LogP contribution in [0.25, 0.3) is 33.7 Å². The fourth-order valence-electron chi connectivity index (χ4n) is 4.78. The number of nitrogens with one attached hydrogen (secondary N) is 1. The molecule has 0 spiro atoms.